The van der Waals surface area contributed by atoms with Crippen LogP contribution in [0, 0.1) is 11.8 Å². The molecular formula is C22H30N2O5. The van der Waals surface area contributed by atoms with Gasteiger partial charge >= 0.3 is 5.97 Å². The number of carbonyl (C=O) groups excluding carboxylic acids is 3. The number of likely N-dealkylation sites (tertiary alicyclic amines) is 1. The summed E-state index contributed by atoms with van der Waals surface area (Å²) in [6.07, 6.45) is 6.05. The van der Waals surface area contributed by atoms with Crippen molar-refractivity contribution in [1.29, 1.82) is 0 Å². The summed E-state index contributed by atoms with van der Waals surface area (Å²) in [5, 5.41) is 2.51. The normalized spacial score (nSPS) is 21.1. The van der Waals surface area contributed by atoms with Crippen LogP contribution in [0.1, 0.15) is 49.4 Å². The van der Waals surface area contributed by atoms with Crippen molar-refractivity contribution in [3.63, 3.8) is 0 Å². The van der Waals surface area contributed by atoms with Crippen LogP contribution in [0.3, 0.4) is 0 Å². The minimum absolute atomic E-state index is 0.153. The molecule has 2 atom stereocenters. The number of benzene rings is 1. The molecule has 1 heterocycles. The van der Waals surface area contributed by atoms with Gasteiger partial charge < -0.3 is 19.7 Å². The molecule has 0 aromatic heterocycles. The van der Waals surface area contributed by atoms with Crippen LogP contribution < -0.4 is 10.1 Å². The fourth-order valence-electron chi connectivity index (χ4n) is 4.24. The van der Waals surface area contributed by atoms with E-state index in [1.54, 1.807) is 24.3 Å². The lowest BCUT2D eigenvalue weighted by atomic mass is 9.75. The van der Waals surface area contributed by atoms with E-state index in [1.165, 1.54) is 25.7 Å². The lowest BCUT2D eigenvalue weighted by Gasteiger charge is -2.41. The van der Waals surface area contributed by atoms with E-state index >= 15 is 0 Å². The molecule has 1 aliphatic heterocycles. The van der Waals surface area contributed by atoms with Crippen LogP contribution in [0.2, 0.25) is 0 Å². The average molecular weight is 402 g/mol. The van der Waals surface area contributed by atoms with Gasteiger partial charge in [-0.2, -0.15) is 0 Å². The summed E-state index contributed by atoms with van der Waals surface area (Å²) in [5.74, 6) is 0.860. The van der Waals surface area contributed by atoms with E-state index in [0.717, 1.165) is 25.4 Å². The standard InChI is InChI=1S/C22H30N2O5/c1-2-28-19-9-7-17(8-10-19)22(27)23-13-21(26)29-15-20(25)24-12-11-16-5-3-4-6-18(16)14-24/h7-10,16,18H,2-6,11-15H2,1H3,(H,23,27)/t16-,18-/m1/s1. The van der Waals surface area contributed by atoms with E-state index in [-0.39, 0.29) is 25.0 Å². The smallest absolute Gasteiger partial charge is 0.325 e. The molecule has 0 spiro atoms. The van der Waals surface area contributed by atoms with Gasteiger partial charge in [0.15, 0.2) is 6.61 Å². The van der Waals surface area contributed by atoms with E-state index in [9.17, 15) is 14.4 Å². The zero-order valence-corrected chi connectivity index (χ0v) is 17.0. The molecule has 2 amide bonds. The number of nitrogens with one attached hydrogen (secondary N) is 1. The fraction of sp³-hybridized carbons (Fsp3) is 0.591. The molecule has 1 N–H and O–H groups in total. The molecule has 1 saturated carbocycles. The first-order chi connectivity index (χ1) is 14.1. The molecule has 2 aliphatic rings. The van der Waals surface area contributed by atoms with Crippen LogP contribution >= 0.6 is 0 Å². The number of fused-ring (bicyclic) bond motifs is 1. The molecule has 7 nitrogen and oxygen atoms in total. The highest BCUT2D eigenvalue weighted by atomic mass is 16.5. The number of piperidine rings is 1. The second-order valence-electron chi connectivity index (χ2n) is 7.73. The van der Waals surface area contributed by atoms with Gasteiger partial charge in [0.2, 0.25) is 0 Å². The number of amides is 2. The van der Waals surface area contributed by atoms with E-state index in [0.29, 0.717) is 23.8 Å². The Morgan fingerprint density at radius 3 is 2.52 bits per heavy atom. The molecule has 2 fully saturated rings. The zero-order valence-electron chi connectivity index (χ0n) is 17.0. The molecular weight excluding hydrogens is 372 g/mol. The van der Waals surface area contributed by atoms with Crippen molar-refractivity contribution in [1.82, 2.24) is 10.2 Å². The summed E-state index contributed by atoms with van der Waals surface area (Å²) in [6, 6.07) is 6.66. The van der Waals surface area contributed by atoms with Crippen LogP contribution in [0.5, 0.6) is 5.75 Å². The Labute approximate surface area is 171 Å². The van der Waals surface area contributed by atoms with Crippen molar-refractivity contribution in [3.8, 4) is 5.75 Å². The summed E-state index contributed by atoms with van der Waals surface area (Å²) < 4.78 is 10.4. The van der Waals surface area contributed by atoms with Gasteiger partial charge in [0.25, 0.3) is 11.8 Å². The van der Waals surface area contributed by atoms with Crippen molar-refractivity contribution in [2.75, 3.05) is 32.8 Å². The Kier molecular flexibility index (Phi) is 7.49. The second kappa shape index (κ2) is 10.3. The van der Waals surface area contributed by atoms with Crippen molar-refractivity contribution in [3.05, 3.63) is 29.8 Å². The minimum Gasteiger partial charge on any atom is -0.494 e. The molecule has 1 aliphatic carbocycles. The first kappa shape index (κ1) is 21.1. The summed E-state index contributed by atoms with van der Waals surface area (Å²) in [4.78, 5) is 38.2. The van der Waals surface area contributed by atoms with E-state index in [2.05, 4.69) is 5.32 Å². The van der Waals surface area contributed by atoms with Crippen LogP contribution in [0.15, 0.2) is 24.3 Å². The lowest BCUT2D eigenvalue weighted by molar-refractivity contribution is -0.152. The number of carbonyl (C=O) groups is 3. The number of hydrogen-bond acceptors (Lipinski definition) is 5. The van der Waals surface area contributed by atoms with Gasteiger partial charge in [0, 0.05) is 18.7 Å². The molecule has 7 heteroatoms. The fourth-order valence-corrected chi connectivity index (χ4v) is 4.24. The molecule has 1 aromatic carbocycles. The maximum atomic E-state index is 12.4. The van der Waals surface area contributed by atoms with E-state index < -0.39 is 5.97 Å². The first-order valence-corrected chi connectivity index (χ1v) is 10.5. The molecule has 29 heavy (non-hydrogen) atoms. The summed E-state index contributed by atoms with van der Waals surface area (Å²) >= 11 is 0. The van der Waals surface area contributed by atoms with E-state index in [4.69, 9.17) is 9.47 Å². The van der Waals surface area contributed by atoms with Gasteiger partial charge in [-0.25, -0.2) is 0 Å². The Balaban J connectivity index is 1.37. The van der Waals surface area contributed by atoms with Crippen LogP contribution in [0.25, 0.3) is 0 Å². The summed E-state index contributed by atoms with van der Waals surface area (Å²) in [5.41, 5.74) is 0.424. The van der Waals surface area contributed by atoms with Crippen LogP contribution in [-0.2, 0) is 14.3 Å². The SMILES string of the molecule is CCOc1ccc(C(=O)NCC(=O)OCC(=O)N2CC[C@H]3CCCC[C@@H]3C2)cc1. The molecule has 0 unspecified atom stereocenters. The highest BCUT2D eigenvalue weighted by Gasteiger charge is 2.33. The van der Waals surface area contributed by atoms with Gasteiger partial charge in [0.05, 0.1) is 6.61 Å². The quantitative estimate of drug-likeness (QED) is 0.708. The van der Waals surface area contributed by atoms with E-state index in [1.807, 2.05) is 11.8 Å². The number of hydrogen-bond donors (Lipinski definition) is 1. The molecule has 1 aromatic rings. The van der Waals surface area contributed by atoms with Crippen molar-refractivity contribution in [2.45, 2.75) is 39.0 Å². The number of rotatable bonds is 7. The van der Waals surface area contributed by atoms with Gasteiger partial charge in [-0.05, 0) is 55.9 Å². The Morgan fingerprint density at radius 1 is 1.07 bits per heavy atom. The second-order valence-corrected chi connectivity index (χ2v) is 7.73. The molecule has 158 valence electrons. The van der Waals surface area contributed by atoms with Crippen molar-refractivity contribution < 1.29 is 23.9 Å². The molecule has 0 bridgehead atoms. The monoisotopic (exact) mass is 402 g/mol. The van der Waals surface area contributed by atoms with Gasteiger partial charge in [-0.15, -0.1) is 0 Å². The Hall–Kier alpha value is -2.57. The predicted molar refractivity (Wildman–Crippen MR) is 108 cm³/mol. The van der Waals surface area contributed by atoms with Gasteiger partial charge in [-0.3, -0.25) is 14.4 Å². The van der Waals surface area contributed by atoms with Crippen molar-refractivity contribution >= 4 is 17.8 Å². The maximum absolute atomic E-state index is 12.4. The zero-order chi connectivity index (χ0) is 20.6. The number of nitrogens with zero attached hydrogens (tertiary/aromatic N) is 1. The van der Waals surface area contributed by atoms with Gasteiger partial charge in [-0.1, -0.05) is 19.3 Å². The maximum Gasteiger partial charge on any atom is 0.325 e. The van der Waals surface area contributed by atoms with Crippen LogP contribution in [0.4, 0.5) is 0 Å². The third-order valence-electron chi connectivity index (χ3n) is 5.82. The minimum atomic E-state index is -0.620. The highest BCUT2D eigenvalue weighted by Crippen LogP contribution is 2.35. The molecule has 3 rings (SSSR count). The largest absolute Gasteiger partial charge is 0.494 e. The topological polar surface area (TPSA) is 84.9 Å². The Morgan fingerprint density at radius 2 is 1.79 bits per heavy atom. The Bertz CT molecular complexity index is 718. The number of esters is 1. The third-order valence-corrected chi connectivity index (χ3v) is 5.82. The first-order valence-electron chi connectivity index (χ1n) is 10.5. The predicted octanol–water partition coefficient (Wildman–Crippen LogP) is 2.40. The lowest BCUT2D eigenvalue weighted by Crippen LogP contribution is -2.46. The summed E-state index contributed by atoms with van der Waals surface area (Å²) in [6.45, 7) is 3.41. The van der Waals surface area contributed by atoms with Crippen LogP contribution in [-0.4, -0.2) is 55.5 Å². The van der Waals surface area contributed by atoms with Gasteiger partial charge in [0.1, 0.15) is 12.3 Å². The molecule has 0 radical (unpaired) electrons. The highest BCUT2D eigenvalue weighted by molar-refractivity contribution is 5.96. The van der Waals surface area contributed by atoms with Crippen molar-refractivity contribution in [2.24, 2.45) is 11.8 Å². The third kappa shape index (κ3) is 5.95. The molecule has 1 saturated heterocycles. The number of ether oxygens (including phenoxy) is 2. The average Bonchev–Trinajstić information content (AvgIpc) is 2.76. The summed E-state index contributed by atoms with van der Waals surface area (Å²) in [7, 11) is 0.